The summed E-state index contributed by atoms with van der Waals surface area (Å²) in [6, 6.07) is 0.598. The van der Waals surface area contributed by atoms with Crippen LogP contribution in [-0.4, -0.2) is 40.1 Å². The molecule has 19 heavy (non-hydrogen) atoms. The molecule has 0 aromatic carbocycles. The van der Waals surface area contributed by atoms with E-state index in [0.29, 0.717) is 6.04 Å². The zero-order chi connectivity index (χ0) is 13.5. The van der Waals surface area contributed by atoms with Crippen LogP contribution in [0, 0.1) is 0 Å². The summed E-state index contributed by atoms with van der Waals surface area (Å²) in [5.41, 5.74) is 0. The van der Waals surface area contributed by atoms with E-state index in [2.05, 4.69) is 39.8 Å². The van der Waals surface area contributed by atoms with Crippen molar-refractivity contribution in [2.75, 3.05) is 25.0 Å². The molecule has 1 unspecified atom stereocenters. The highest BCUT2D eigenvalue weighted by molar-refractivity contribution is 5.25. The van der Waals surface area contributed by atoms with Crippen molar-refractivity contribution in [2.45, 2.75) is 58.5 Å². The summed E-state index contributed by atoms with van der Waals surface area (Å²) >= 11 is 0. The molecule has 0 radical (unpaired) electrons. The zero-order valence-corrected chi connectivity index (χ0v) is 12.4. The maximum Gasteiger partial charge on any atom is 0.202 e. The molecule has 4 heteroatoms. The van der Waals surface area contributed by atoms with E-state index in [-0.39, 0.29) is 0 Å². The lowest BCUT2D eigenvalue weighted by Gasteiger charge is -2.32. The Morgan fingerprint density at radius 3 is 2.84 bits per heavy atom. The third-order valence-corrected chi connectivity index (χ3v) is 4.00. The first-order valence-electron chi connectivity index (χ1n) is 7.80. The molecule has 1 N–H and O–H groups in total. The number of hydrogen-bond donors (Lipinski definition) is 1. The first-order valence-corrected chi connectivity index (χ1v) is 7.80. The van der Waals surface area contributed by atoms with Crippen LogP contribution in [0.1, 0.15) is 46.0 Å². The Hall–Kier alpha value is -1.03. The molecule has 0 saturated carbocycles. The molecule has 0 spiro atoms. The molecule has 0 bridgehead atoms. The van der Waals surface area contributed by atoms with Gasteiger partial charge in [0, 0.05) is 31.5 Å². The van der Waals surface area contributed by atoms with Gasteiger partial charge in [0.1, 0.15) is 0 Å². The number of aromatic nitrogens is 2. The number of likely N-dealkylation sites (tertiary alicyclic amines) is 1. The third-order valence-electron chi connectivity index (χ3n) is 4.00. The van der Waals surface area contributed by atoms with Gasteiger partial charge in [0.15, 0.2) is 0 Å². The summed E-state index contributed by atoms with van der Waals surface area (Å²) in [5.74, 6) is 1.03. The van der Waals surface area contributed by atoms with Crippen LogP contribution in [0.3, 0.4) is 0 Å². The number of nitrogens with one attached hydrogen (secondary N) is 1. The maximum atomic E-state index is 4.42. The Kier molecular flexibility index (Phi) is 5.70. The first-order chi connectivity index (χ1) is 9.31. The molecule has 0 amide bonds. The fraction of sp³-hybridized carbons (Fsp3) is 0.800. The molecule has 1 atom stereocenters. The van der Waals surface area contributed by atoms with Crippen LogP contribution in [-0.2, 0) is 6.54 Å². The van der Waals surface area contributed by atoms with Crippen molar-refractivity contribution in [2.24, 2.45) is 0 Å². The maximum absolute atomic E-state index is 4.42. The number of anilines is 1. The molecule has 1 aromatic heterocycles. The Balaban J connectivity index is 1.85. The summed E-state index contributed by atoms with van der Waals surface area (Å²) in [5, 5.41) is 3.44. The van der Waals surface area contributed by atoms with E-state index < -0.39 is 0 Å². The van der Waals surface area contributed by atoms with Gasteiger partial charge < -0.3 is 9.88 Å². The van der Waals surface area contributed by atoms with Gasteiger partial charge in [-0.1, -0.05) is 19.8 Å². The monoisotopic (exact) mass is 264 g/mol. The molecular weight excluding hydrogens is 236 g/mol. The Morgan fingerprint density at radius 1 is 1.32 bits per heavy atom. The van der Waals surface area contributed by atoms with Crippen LogP contribution >= 0.6 is 0 Å². The quantitative estimate of drug-likeness (QED) is 0.769. The first kappa shape index (κ1) is 14.4. The van der Waals surface area contributed by atoms with Crippen molar-refractivity contribution in [1.29, 1.82) is 0 Å². The topological polar surface area (TPSA) is 33.1 Å². The van der Waals surface area contributed by atoms with Gasteiger partial charge in [-0.2, -0.15) is 0 Å². The number of piperidine rings is 1. The second-order valence-electron chi connectivity index (χ2n) is 5.63. The number of imidazole rings is 1. The third kappa shape index (κ3) is 4.23. The van der Waals surface area contributed by atoms with Crippen molar-refractivity contribution >= 4 is 5.95 Å². The molecule has 1 aromatic rings. The van der Waals surface area contributed by atoms with E-state index in [9.17, 15) is 0 Å². The van der Waals surface area contributed by atoms with Gasteiger partial charge >= 0.3 is 0 Å². The van der Waals surface area contributed by atoms with Crippen LogP contribution < -0.4 is 5.32 Å². The molecule has 2 heterocycles. The van der Waals surface area contributed by atoms with Gasteiger partial charge in [-0.3, -0.25) is 4.90 Å². The normalized spacial score (nSPS) is 18.4. The molecule has 0 aliphatic carbocycles. The molecule has 4 nitrogen and oxygen atoms in total. The van der Waals surface area contributed by atoms with E-state index in [1.54, 1.807) is 0 Å². The fourth-order valence-corrected chi connectivity index (χ4v) is 2.76. The van der Waals surface area contributed by atoms with Crippen LogP contribution in [0.15, 0.2) is 12.4 Å². The Bertz CT molecular complexity index is 355. The van der Waals surface area contributed by atoms with Gasteiger partial charge in [0.2, 0.25) is 5.95 Å². The molecule has 108 valence electrons. The number of hydrogen-bond acceptors (Lipinski definition) is 3. The lowest BCUT2D eigenvalue weighted by molar-refractivity contribution is 0.160. The van der Waals surface area contributed by atoms with Crippen molar-refractivity contribution in [3.8, 4) is 0 Å². The number of unbranched alkanes of at least 4 members (excludes halogenated alkanes) is 1. The van der Waals surface area contributed by atoms with Gasteiger partial charge in [-0.15, -0.1) is 0 Å². The predicted molar refractivity (Wildman–Crippen MR) is 80.5 cm³/mol. The highest BCUT2D eigenvalue weighted by Gasteiger charge is 2.17. The lowest BCUT2D eigenvalue weighted by atomic mass is 10.1. The molecule has 2 rings (SSSR count). The van der Waals surface area contributed by atoms with Crippen molar-refractivity contribution in [3.63, 3.8) is 0 Å². The lowest BCUT2D eigenvalue weighted by Crippen LogP contribution is -2.39. The van der Waals surface area contributed by atoms with E-state index in [1.807, 2.05) is 6.20 Å². The molecular formula is C15H28N4. The van der Waals surface area contributed by atoms with E-state index in [4.69, 9.17) is 0 Å². The van der Waals surface area contributed by atoms with E-state index >= 15 is 0 Å². The highest BCUT2D eigenvalue weighted by atomic mass is 15.2. The smallest absolute Gasteiger partial charge is 0.202 e. The number of nitrogens with zero attached hydrogens (tertiary/aromatic N) is 3. The van der Waals surface area contributed by atoms with E-state index in [1.165, 1.54) is 45.2 Å². The second kappa shape index (κ2) is 7.53. The summed E-state index contributed by atoms with van der Waals surface area (Å²) in [6.45, 7) is 9.12. The predicted octanol–water partition coefficient (Wildman–Crippen LogP) is 2.97. The minimum Gasteiger partial charge on any atom is -0.356 e. The molecule has 1 fully saturated rings. The minimum absolute atomic E-state index is 0.598. The van der Waals surface area contributed by atoms with Crippen LogP contribution in [0.5, 0.6) is 0 Å². The van der Waals surface area contributed by atoms with Crippen molar-refractivity contribution in [3.05, 3.63) is 12.4 Å². The van der Waals surface area contributed by atoms with Gasteiger partial charge in [-0.25, -0.2) is 4.98 Å². The SMILES string of the molecule is CCCCNc1nccn1CC(C)N1CCCCC1. The Morgan fingerprint density at radius 2 is 2.11 bits per heavy atom. The summed E-state index contributed by atoms with van der Waals surface area (Å²) in [6.07, 6.45) is 10.5. The molecule has 1 aliphatic rings. The summed E-state index contributed by atoms with van der Waals surface area (Å²) in [7, 11) is 0. The van der Waals surface area contributed by atoms with Crippen LogP contribution in [0.2, 0.25) is 0 Å². The average Bonchev–Trinajstić information content (AvgIpc) is 2.87. The number of rotatable bonds is 7. The minimum atomic E-state index is 0.598. The summed E-state index contributed by atoms with van der Waals surface area (Å²) < 4.78 is 2.26. The molecule has 1 saturated heterocycles. The van der Waals surface area contributed by atoms with Gasteiger partial charge in [0.25, 0.3) is 0 Å². The molecule has 1 aliphatic heterocycles. The largest absolute Gasteiger partial charge is 0.356 e. The Labute approximate surface area is 117 Å². The zero-order valence-electron chi connectivity index (χ0n) is 12.4. The van der Waals surface area contributed by atoms with Crippen molar-refractivity contribution in [1.82, 2.24) is 14.5 Å². The highest BCUT2D eigenvalue weighted by Crippen LogP contribution is 2.15. The van der Waals surface area contributed by atoms with Crippen molar-refractivity contribution < 1.29 is 0 Å². The van der Waals surface area contributed by atoms with Crippen LogP contribution in [0.4, 0.5) is 5.95 Å². The fourth-order valence-electron chi connectivity index (χ4n) is 2.76. The van der Waals surface area contributed by atoms with Crippen LogP contribution in [0.25, 0.3) is 0 Å². The average molecular weight is 264 g/mol. The summed E-state index contributed by atoms with van der Waals surface area (Å²) in [4.78, 5) is 7.03. The standard InChI is InChI=1S/C15H28N4/c1-3-4-8-16-15-17-9-12-19(15)13-14(2)18-10-6-5-7-11-18/h9,12,14H,3-8,10-11,13H2,1-2H3,(H,16,17). The van der Waals surface area contributed by atoms with Gasteiger partial charge in [-0.05, 0) is 39.3 Å². The van der Waals surface area contributed by atoms with E-state index in [0.717, 1.165) is 19.0 Å². The second-order valence-corrected chi connectivity index (χ2v) is 5.63. The van der Waals surface area contributed by atoms with Gasteiger partial charge in [0.05, 0.1) is 0 Å².